The Bertz CT molecular complexity index is 530. The molecule has 0 aromatic heterocycles. The van der Waals surface area contributed by atoms with Crippen LogP contribution in [-0.2, 0) is 9.47 Å². The van der Waals surface area contributed by atoms with E-state index >= 15 is 0 Å². The molecule has 1 aliphatic carbocycles. The summed E-state index contributed by atoms with van der Waals surface area (Å²) in [7, 11) is 0. The Hall–Kier alpha value is -0.800. The van der Waals surface area contributed by atoms with Crippen molar-refractivity contribution in [1.82, 2.24) is 0 Å². The number of allylic oxidation sites excluding steroid dienone is 4. The number of ether oxygens (including phenoxy) is 2. The first-order chi connectivity index (χ1) is 12.2. The van der Waals surface area contributed by atoms with Gasteiger partial charge in [-0.25, -0.2) is 0 Å². The second-order valence-corrected chi connectivity index (χ2v) is 11.1. The third-order valence-corrected chi connectivity index (χ3v) is 5.27. The highest BCUT2D eigenvalue weighted by Crippen LogP contribution is 2.42. The Morgan fingerprint density at radius 3 is 1.96 bits per heavy atom. The molecule has 0 aliphatic heterocycles. The lowest BCUT2D eigenvalue weighted by atomic mass is 9.70. The minimum Gasteiger partial charge on any atom is -0.492 e. The van der Waals surface area contributed by atoms with Crippen LogP contribution in [0, 0.1) is 10.8 Å². The Balaban J connectivity index is 2.61. The molecule has 0 aromatic rings. The lowest BCUT2D eigenvalue weighted by Crippen LogP contribution is -2.31. The van der Waals surface area contributed by atoms with E-state index < -0.39 is 0 Å². The summed E-state index contributed by atoms with van der Waals surface area (Å²) < 4.78 is 12.2. The van der Waals surface area contributed by atoms with Gasteiger partial charge >= 0.3 is 0 Å². The maximum absolute atomic E-state index is 9.10. The van der Waals surface area contributed by atoms with E-state index in [1.807, 2.05) is 13.8 Å². The van der Waals surface area contributed by atoms with Crippen LogP contribution in [0.5, 0.6) is 0 Å². The highest BCUT2D eigenvalue weighted by molar-refractivity contribution is 5.26. The van der Waals surface area contributed by atoms with Gasteiger partial charge in [-0.05, 0) is 63.9 Å². The minimum absolute atomic E-state index is 0.153. The predicted molar refractivity (Wildman–Crippen MR) is 115 cm³/mol. The van der Waals surface area contributed by atoms with E-state index in [1.54, 1.807) is 0 Å². The van der Waals surface area contributed by atoms with Crippen LogP contribution in [0.25, 0.3) is 0 Å². The Labute approximate surface area is 168 Å². The van der Waals surface area contributed by atoms with E-state index in [2.05, 4.69) is 60.6 Å². The minimum atomic E-state index is -0.286. The first-order valence-corrected chi connectivity index (χ1v) is 10.5. The van der Waals surface area contributed by atoms with E-state index in [4.69, 9.17) is 14.6 Å². The highest BCUT2D eigenvalue weighted by atomic mass is 16.5. The first kappa shape index (κ1) is 24.2. The van der Waals surface area contributed by atoms with Crippen LogP contribution in [0.2, 0.25) is 0 Å². The standard InChI is InChI=1S/C24H44O3/c1-21(2,3)18-22(4,5)19-10-12-20(13-11-19)27-24(8,9)15-17-26-23(6,7)14-16-25/h10,12,25H,11,13-18H2,1-9H3. The SMILES string of the molecule is CC(C)(C)CC(C)(C)C1=CC=C(OC(C)(C)CCOC(C)(C)CCO)CC1. The summed E-state index contributed by atoms with van der Waals surface area (Å²) in [4.78, 5) is 0. The zero-order chi connectivity index (χ0) is 20.9. The number of aliphatic hydroxyl groups excluding tert-OH is 1. The molecule has 0 amide bonds. The van der Waals surface area contributed by atoms with Crippen LogP contribution in [0.1, 0.15) is 94.4 Å². The molecule has 0 radical (unpaired) electrons. The van der Waals surface area contributed by atoms with Crippen LogP contribution in [-0.4, -0.2) is 29.5 Å². The Morgan fingerprint density at radius 2 is 1.48 bits per heavy atom. The number of rotatable bonds is 10. The molecule has 3 heteroatoms. The van der Waals surface area contributed by atoms with Gasteiger partial charge < -0.3 is 14.6 Å². The molecule has 1 aliphatic rings. The summed E-state index contributed by atoms with van der Waals surface area (Å²) in [6, 6.07) is 0. The number of hydrogen-bond donors (Lipinski definition) is 1. The molecule has 0 bridgehead atoms. The molecule has 0 fully saturated rings. The summed E-state index contributed by atoms with van der Waals surface area (Å²) in [5.41, 5.74) is 1.54. The summed E-state index contributed by atoms with van der Waals surface area (Å²) in [6.45, 7) is 20.7. The molecular weight excluding hydrogens is 336 g/mol. The summed E-state index contributed by atoms with van der Waals surface area (Å²) in [6.07, 6.45) is 9.15. The second kappa shape index (κ2) is 9.13. The topological polar surface area (TPSA) is 38.7 Å². The predicted octanol–water partition coefficient (Wildman–Crippen LogP) is 6.42. The average molecular weight is 381 g/mol. The molecule has 0 spiro atoms. The summed E-state index contributed by atoms with van der Waals surface area (Å²) in [5, 5.41) is 9.10. The van der Waals surface area contributed by atoms with Gasteiger partial charge in [0.25, 0.3) is 0 Å². The summed E-state index contributed by atoms with van der Waals surface area (Å²) >= 11 is 0. The average Bonchev–Trinajstić information content (AvgIpc) is 2.44. The zero-order valence-corrected chi connectivity index (χ0v) is 19.4. The van der Waals surface area contributed by atoms with Gasteiger partial charge in [-0.3, -0.25) is 0 Å². The van der Waals surface area contributed by atoms with Crippen molar-refractivity contribution in [2.45, 2.75) is 106 Å². The maximum Gasteiger partial charge on any atom is 0.105 e. The normalized spacial score (nSPS) is 16.8. The number of hydrogen-bond acceptors (Lipinski definition) is 3. The largest absolute Gasteiger partial charge is 0.492 e. The molecule has 0 aromatic carbocycles. The lowest BCUT2D eigenvalue weighted by Gasteiger charge is -2.37. The van der Waals surface area contributed by atoms with E-state index in [1.165, 1.54) is 12.0 Å². The summed E-state index contributed by atoms with van der Waals surface area (Å²) in [5.74, 6) is 1.07. The Morgan fingerprint density at radius 1 is 0.852 bits per heavy atom. The van der Waals surface area contributed by atoms with Gasteiger partial charge in [-0.1, -0.05) is 46.3 Å². The molecule has 0 atom stereocenters. The van der Waals surface area contributed by atoms with Crippen molar-refractivity contribution in [3.63, 3.8) is 0 Å². The third-order valence-electron chi connectivity index (χ3n) is 5.27. The fraction of sp³-hybridized carbons (Fsp3) is 0.833. The van der Waals surface area contributed by atoms with E-state index in [-0.39, 0.29) is 23.2 Å². The van der Waals surface area contributed by atoms with E-state index in [0.29, 0.717) is 18.4 Å². The van der Waals surface area contributed by atoms with Crippen molar-refractivity contribution in [3.8, 4) is 0 Å². The van der Waals surface area contributed by atoms with Gasteiger partial charge in [-0.15, -0.1) is 0 Å². The van der Waals surface area contributed by atoms with E-state index in [0.717, 1.165) is 25.0 Å². The van der Waals surface area contributed by atoms with Crippen LogP contribution in [0.15, 0.2) is 23.5 Å². The molecule has 0 heterocycles. The van der Waals surface area contributed by atoms with Crippen molar-refractivity contribution in [1.29, 1.82) is 0 Å². The maximum atomic E-state index is 9.10. The molecule has 27 heavy (non-hydrogen) atoms. The van der Waals surface area contributed by atoms with Crippen molar-refractivity contribution >= 4 is 0 Å². The fourth-order valence-electron chi connectivity index (χ4n) is 4.03. The van der Waals surface area contributed by atoms with Crippen LogP contribution in [0.3, 0.4) is 0 Å². The van der Waals surface area contributed by atoms with Gasteiger partial charge in [0.1, 0.15) is 5.60 Å². The van der Waals surface area contributed by atoms with E-state index in [9.17, 15) is 0 Å². The lowest BCUT2D eigenvalue weighted by molar-refractivity contribution is -0.0636. The van der Waals surface area contributed by atoms with Crippen molar-refractivity contribution in [3.05, 3.63) is 23.5 Å². The van der Waals surface area contributed by atoms with Crippen LogP contribution < -0.4 is 0 Å². The van der Waals surface area contributed by atoms with Gasteiger partial charge in [0.05, 0.1) is 18.0 Å². The molecule has 0 unspecified atom stereocenters. The molecule has 0 saturated heterocycles. The fourth-order valence-corrected chi connectivity index (χ4v) is 4.03. The smallest absolute Gasteiger partial charge is 0.105 e. The molecular formula is C24H44O3. The zero-order valence-electron chi connectivity index (χ0n) is 19.4. The molecule has 158 valence electrons. The van der Waals surface area contributed by atoms with Crippen molar-refractivity contribution < 1.29 is 14.6 Å². The Kier molecular flexibility index (Phi) is 8.20. The van der Waals surface area contributed by atoms with Gasteiger partial charge in [0.2, 0.25) is 0 Å². The monoisotopic (exact) mass is 380 g/mol. The van der Waals surface area contributed by atoms with Crippen LogP contribution >= 0.6 is 0 Å². The number of aliphatic hydroxyl groups is 1. The second-order valence-electron chi connectivity index (χ2n) is 11.1. The first-order valence-electron chi connectivity index (χ1n) is 10.5. The van der Waals surface area contributed by atoms with Gasteiger partial charge in [0, 0.05) is 19.4 Å². The van der Waals surface area contributed by atoms with Gasteiger partial charge in [0.15, 0.2) is 0 Å². The van der Waals surface area contributed by atoms with Crippen LogP contribution in [0.4, 0.5) is 0 Å². The third kappa shape index (κ3) is 9.30. The van der Waals surface area contributed by atoms with Gasteiger partial charge in [-0.2, -0.15) is 0 Å². The molecule has 1 N–H and O–H groups in total. The molecule has 3 nitrogen and oxygen atoms in total. The van der Waals surface area contributed by atoms with Crippen molar-refractivity contribution in [2.24, 2.45) is 10.8 Å². The van der Waals surface area contributed by atoms with Crippen molar-refractivity contribution in [2.75, 3.05) is 13.2 Å². The molecule has 0 saturated carbocycles. The highest BCUT2D eigenvalue weighted by Gasteiger charge is 2.31. The molecule has 1 rings (SSSR count). The quantitative estimate of drug-likeness (QED) is 0.475.